The smallest absolute Gasteiger partial charge is 0.155 e. The summed E-state index contributed by atoms with van der Waals surface area (Å²) >= 11 is 0. The Hall–Kier alpha value is -6.78. The molecule has 0 amide bonds. The monoisotopic (exact) mass is 734 g/mol. The number of benzene rings is 5. The van der Waals surface area contributed by atoms with E-state index in [1.54, 1.807) is 0 Å². The van der Waals surface area contributed by atoms with Crippen molar-refractivity contribution < 1.29 is 0 Å². The summed E-state index contributed by atoms with van der Waals surface area (Å²) in [7, 11) is 0. The fourth-order valence-electron chi connectivity index (χ4n) is 8.79. The van der Waals surface area contributed by atoms with E-state index in [9.17, 15) is 0 Å². The molecule has 3 heterocycles. The van der Waals surface area contributed by atoms with E-state index in [0.717, 1.165) is 70.0 Å². The van der Waals surface area contributed by atoms with Crippen LogP contribution < -0.4 is 0 Å². The maximum atomic E-state index is 5.63. The number of nitrogens with zero attached hydrogens (tertiary/aromatic N) is 4. The summed E-state index contributed by atoms with van der Waals surface area (Å²) in [6.07, 6.45) is 16.5. The fraction of sp³-hybridized carbons (Fsp3) is 0.132. The van der Waals surface area contributed by atoms with Crippen LogP contribution in [0.3, 0.4) is 0 Å². The van der Waals surface area contributed by atoms with E-state index in [2.05, 4.69) is 163 Å². The maximum Gasteiger partial charge on any atom is 0.155 e. The van der Waals surface area contributed by atoms with E-state index in [-0.39, 0.29) is 5.92 Å². The molecular weight excluding hydrogens is 693 g/mol. The third kappa shape index (κ3) is 6.78. The Bertz CT molecular complexity index is 2720. The average Bonchev–Trinajstić information content (AvgIpc) is 3.29. The minimum Gasteiger partial charge on any atom is -0.256 e. The van der Waals surface area contributed by atoms with Gasteiger partial charge in [0.05, 0.1) is 22.6 Å². The van der Waals surface area contributed by atoms with Crippen molar-refractivity contribution in [2.24, 2.45) is 9.98 Å². The first-order valence-electron chi connectivity index (χ1n) is 20.0. The summed E-state index contributed by atoms with van der Waals surface area (Å²) < 4.78 is 0. The standard InChI is InChI=1S/C53H42N4/c1-53(44-28-26-39(27-29-44)50-21-7-9-31-55-50)35-51(40-24-22-38(23-25-40)49-20-6-8-30-54-49)56-52(57-53)43-33-41(47-18-10-14-36-12-2-4-16-45(36)47)32-42(34-43)48-19-11-15-37-13-3-5-17-46(37)48/h2-4,6-16,19-34,47H,5,17-18,35H2,1H3. The Morgan fingerprint density at radius 2 is 1.25 bits per heavy atom. The van der Waals surface area contributed by atoms with Gasteiger partial charge in [-0.2, -0.15) is 0 Å². The number of amidine groups is 1. The molecule has 5 aromatic carbocycles. The van der Waals surface area contributed by atoms with Crippen molar-refractivity contribution in [3.8, 4) is 33.6 Å². The zero-order valence-corrected chi connectivity index (χ0v) is 32.0. The number of rotatable bonds is 7. The lowest BCUT2D eigenvalue weighted by Gasteiger charge is -2.32. The second-order valence-corrected chi connectivity index (χ2v) is 15.5. The van der Waals surface area contributed by atoms with Crippen LogP contribution in [-0.4, -0.2) is 21.5 Å². The van der Waals surface area contributed by atoms with Crippen LogP contribution in [0.4, 0.5) is 0 Å². The Morgan fingerprint density at radius 1 is 0.579 bits per heavy atom. The molecule has 0 saturated heterocycles. The lowest BCUT2D eigenvalue weighted by Crippen LogP contribution is -2.30. The molecule has 2 aromatic heterocycles. The number of pyridine rings is 2. The molecule has 0 fully saturated rings. The van der Waals surface area contributed by atoms with Gasteiger partial charge < -0.3 is 0 Å². The van der Waals surface area contributed by atoms with Gasteiger partial charge in [-0.05, 0) is 113 Å². The first-order valence-corrected chi connectivity index (χ1v) is 20.0. The summed E-state index contributed by atoms with van der Waals surface area (Å²) in [6, 6.07) is 52.2. The first kappa shape index (κ1) is 34.7. The van der Waals surface area contributed by atoms with Crippen LogP contribution in [-0.2, 0) is 12.0 Å². The molecule has 0 spiro atoms. The van der Waals surface area contributed by atoms with Crippen LogP contribution in [0, 0.1) is 0 Å². The molecule has 4 heteroatoms. The fourth-order valence-corrected chi connectivity index (χ4v) is 8.79. The lowest BCUT2D eigenvalue weighted by molar-refractivity contribution is 0.515. The maximum absolute atomic E-state index is 5.63. The van der Waals surface area contributed by atoms with Gasteiger partial charge in [-0.25, -0.2) is 4.99 Å². The minimum atomic E-state index is -0.568. The summed E-state index contributed by atoms with van der Waals surface area (Å²) in [5.74, 6) is 0.982. The molecular formula is C53H42N4. The van der Waals surface area contributed by atoms with Crippen molar-refractivity contribution in [2.45, 2.75) is 44.1 Å². The molecule has 2 aliphatic carbocycles. The van der Waals surface area contributed by atoms with Crippen molar-refractivity contribution in [3.63, 3.8) is 0 Å². The third-order valence-corrected chi connectivity index (χ3v) is 11.8. The van der Waals surface area contributed by atoms with Gasteiger partial charge in [0, 0.05) is 41.4 Å². The van der Waals surface area contributed by atoms with Gasteiger partial charge in [0.25, 0.3) is 0 Å². The molecule has 2 atom stereocenters. The van der Waals surface area contributed by atoms with Crippen molar-refractivity contribution in [3.05, 3.63) is 215 Å². The Kier molecular flexibility index (Phi) is 8.95. The zero-order valence-electron chi connectivity index (χ0n) is 32.0. The summed E-state index contributed by atoms with van der Waals surface area (Å²) in [6.45, 7) is 2.26. The minimum absolute atomic E-state index is 0.224. The van der Waals surface area contributed by atoms with Gasteiger partial charge >= 0.3 is 0 Å². The van der Waals surface area contributed by atoms with Crippen LogP contribution in [0.25, 0.3) is 45.8 Å². The number of fused-ring (bicyclic) bond motifs is 2. The van der Waals surface area contributed by atoms with Crippen molar-refractivity contribution in [2.75, 3.05) is 0 Å². The SMILES string of the molecule is CC1(c2ccc(-c3ccccn3)cc2)CC(c2ccc(-c3ccccn3)cc2)=NC(c2cc(-c3cccc4c3CCC=C4)cc(C3CC=Cc4ccccc43)c2)=N1. The number of hydrogen-bond acceptors (Lipinski definition) is 4. The van der Waals surface area contributed by atoms with Gasteiger partial charge in [-0.1, -0.05) is 133 Å². The summed E-state index contributed by atoms with van der Waals surface area (Å²) in [5.41, 5.74) is 17.0. The first-order chi connectivity index (χ1) is 28.1. The normalized spacial score (nSPS) is 18.3. The van der Waals surface area contributed by atoms with Crippen molar-refractivity contribution in [1.29, 1.82) is 0 Å². The van der Waals surface area contributed by atoms with Crippen molar-refractivity contribution >= 4 is 23.7 Å². The van der Waals surface area contributed by atoms with Gasteiger partial charge in [0.15, 0.2) is 5.84 Å². The Labute approximate surface area is 334 Å². The van der Waals surface area contributed by atoms with E-state index >= 15 is 0 Å². The van der Waals surface area contributed by atoms with Crippen LogP contribution in [0.2, 0.25) is 0 Å². The zero-order chi connectivity index (χ0) is 38.2. The molecule has 0 radical (unpaired) electrons. The quantitative estimate of drug-likeness (QED) is 0.164. The van der Waals surface area contributed by atoms with Crippen molar-refractivity contribution in [1.82, 2.24) is 9.97 Å². The molecule has 10 rings (SSSR count). The average molecular weight is 735 g/mol. The highest BCUT2D eigenvalue weighted by Gasteiger charge is 2.34. The molecule has 57 heavy (non-hydrogen) atoms. The molecule has 0 bridgehead atoms. The van der Waals surface area contributed by atoms with Crippen LogP contribution in [0.5, 0.6) is 0 Å². The van der Waals surface area contributed by atoms with Crippen LogP contribution in [0.1, 0.15) is 76.6 Å². The van der Waals surface area contributed by atoms with E-state index in [1.165, 1.54) is 38.9 Å². The number of aliphatic imine (C=N–C) groups is 2. The van der Waals surface area contributed by atoms with Gasteiger partial charge in [0.2, 0.25) is 0 Å². The second kappa shape index (κ2) is 14.7. The van der Waals surface area contributed by atoms with Crippen LogP contribution in [0.15, 0.2) is 180 Å². The predicted molar refractivity (Wildman–Crippen MR) is 236 cm³/mol. The molecule has 7 aromatic rings. The highest BCUT2D eigenvalue weighted by atomic mass is 15.0. The Morgan fingerprint density at radius 3 is 2.00 bits per heavy atom. The van der Waals surface area contributed by atoms with Gasteiger partial charge in [-0.3, -0.25) is 15.0 Å². The molecule has 1 aliphatic heterocycles. The van der Waals surface area contributed by atoms with Crippen LogP contribution >= 0.6 is 0 Å². The second-order valence-electron chi connectivity index (χ2n) is 15.5. The summed E-state index contributed by atoms with van der Waals surface area (Å²) in [4.78, 5) is 20.3. The number of allylic oxidation sites excluding steroid dienone is 2. The number of hydrogen-bond donors (Lipinski definition) is 0. The highest BCUT2D eigenvalue weighted by Crippen LogP contribution is 2.41. The van der Waals surface area contributed by atoms with E-state index in [4.69, 9.17) is 9.98 Å². The topological polar surface area (TPSA) is 50.5 Å². The lowest BCUT2D eigenvalue weighted by atomic mass is 9.80. The van der Waals surface area contributed by atoms with Gasteiger partial charge in [0.1, 0.15) is 0 Å². The molecule has 274 valence electrons. The molecule has 0 N–H and O–H groups in total. The van der Waals surface area contributed by atoms with E-state index in [1.807, 2.05) is 36.7 Å². The largest absolute Gasteiger partial charge is 0.256 e. The third-order valence-electron chi connectivity index (χ3n) is 11.8. The highest BCUT2D eigenvalue weighted by molar-refractivity contribution is 6.15. The van der Waals surface area contributed by atoms with E-state index in [0.29, 0.717) is 6.42 Å². The Balaban J connectivity index is 1.14. The number of aromatic nitrogens is 2. The molecule has 4 nitrogen and oxygen atoms in total. The molecule has 2 unspecified atom stereocenters. The van der Waals surface area contributed by atoms with E-state index < -0.39 is 5.54 Å². The predicted octanol–water partition coefficient (Wildman–Crippen LogP) is 12.5. The molecule has 0 saturated carbocycles. The van der Waals surface area contributed by atoms with Gasteiger partial charge in [-0.15, -0.1) is 0 Å². The summed E-state index contributed by atoms with van der Waals surface area (Å²) in [5, 5.41) is 0. The molecule has 3 aliphatic rings.